The van der Waals surface area contributed by atoms with Crippen molar-refractivity contribution >= 4 is 45.7 Å². The zero-order valence-electron chi connectivity index (χ0n) is 20.1. The molecule has 1 saturated heterocycles. The molecule has 0 spiro atoms. The molecule has 1 N–H and O–H groups in total. The number of fused-ring (bicyclic) bond motifs is 1. The number of hydrogen-bond donors (Lipinski definition) is 1. The summed E-state index contributed by atoms with van der Waals surface area (Å²) in [4.78, 5) is 31.3. The van der Waals surface area contributed by atoms with Crippen LogP contribution in [0.5, 0.6) is 5.75 Å². The molecule has 0 aliphatic carbocycles. The van der Waals surface area contributed by atoms with Gasteiger partial charge in [-0.2, -0.15) is 15.1 Å². The number of piperidine rings is 1. The van der Waals surface area contributed by atoms with E-state index in [4.69, 9.17) is 10.1 Å². The van der Waals surface area contributed by atoms with Crippen molar-refractivity contribution in [3.63, 3.8) is 0 Å². The van der Waals surface area contributed by atoms with Crippen molar-refractivity contribution in [2.45, 2.75) is 39.2 Å². The zero-order valence-corrected chi connectivity index (χ0v) is 20.9. The SMILES string of the molecule is Cc1ccccc1COc1ccc(C=C2C(=N)N3N=C(CC(=O)N4CCCCC4)SC3=NC2=O)cc1. The first kappa shape index (κ1) is 24.0. The molecule has 0 aromatic heterocycles. The van der Waals surface area contributed by atoms with Gasteiger partial charge in [-0.3, -0.25) is 15.0 Å². The molecular weight excluding hydrogens is 474 g/mol. The van der Waals surface area contributed by atoms with Crippen LogP contribution in [0.15, 0.2) is 64.2 Å². The van der Waals surface area contributed by atoms with Crippen LogP contribution in [-0.2, 0) is 16.2 Å². The Kier molecular flexibility index (Phi) is 6.99. The third kappa shape index (κ3) is 5.26. The van der Waals surface area contributed by atoms with Gasteiger partial charge in [0.15, 0.2) is 5.84 Å². The van der Waals surface area contributed by atoms with E-state index < -0.39 is 5.91 Å². The number of thioether (sulfide) groups is 1. The van der Waals surface area contributed by atoms with Crippen molar-refractivity contribution in [2.24, 2.45) is 10.1 Å². The van der Waals surface area contributed by atoms with Gasteiger partial charge in [-0.25, -0.2) is 0 Å². The number of aliphatic imine (C=N–C) groups is 1. The van der Waals surface area contributed by atoms with Crippen LogP contribution in [0.1, 0.15) is 42.4 Å². The Hall–Kier alpha value is -3.72. The number of hydrazone groups is 1. The minimum absolute atomic E-state index is 0.0275. The number of amides is 2. The molecule has 2 aromatic carbocycles. The van der Waals surface area contributed by atoms with Gasteiger partial charge in [-0.1, -0.05) is 36.4 Å². The molecular formula is C27H27N5O3S. The van der Waals surface area contributed by atoms with E-state index in [2.05, 4.69) is 23.1 Å². The van der Waals surface area contributed by atoms with Crippen LogP contribution >= 0.6 is 11.8 Å². The van der Waals surface area contributed by atoms with Crippen LogP contribution in [0.4, 0.5) is 0 Å². The second kappa shape index (κ2) is 10.5. The number of likely N-dealkylation sites (tertiary alicyclic amines) is 1. The Morgan fingerprint density at radius 2 is 1.86 bits per heavy atom. The first-order chi connectivity index (χ1) is 17.5. The van der Waals surface area contributed by atoms with Gasteiger partial charge in [-0.15, -0.1) is 0 Å². The smallest absolute Gasteiger partial charge is 0.283 e. The highest BCUT2D eigenvalue weighted by molar-refractivity contribution is 8.27. The number of nitrogens with zero attached hydrogens (tertiary/aromatic N) is 4. The summed E-state index contributed by atoms with van der Waals surface area (Å²) in [6.07, 6.45) is 4.99. The van der Waals surface area contributed by atoms with Gasteiger partial charge in [0, 0.05) is 13.1 Å². The highest BCUT2D eigenvalue weighted by atomic mass is 32.2. The first-order valence-corrected chi connectivity index (χ1v) is 12.8. The van der Waals surface area contributed by atoms with Crippen molar-refractivity contribution in [1.29, 1.82) is 5.41 Å². The Labute approximate surface area is 214 Å². The molecule has 0 radical (unpaired) electrons. The van der Waals surface area contributed by atoms with Crippen molar-refractivity contribution < 1.29 is 14.3 Å². The topological polar surface area (TPSA) is 98.4 Å². The van der Waals surface area contributed by atoms with Crippen LogP contribution in [0, 0.1) is 12.3 Å². The second-order valence-corrected chi connectivity index (χ2v) is 9.96. The first-order valence-electron chi connectivity index (χ1n) is 12.0. The fourth-order valence-electron chi connectivity index (χ4n) is 4.25. The van der Waals surface area contributed by atoms with E-state index in [1.807, 2.05) is 47.4 Å². The van der Waals surface area contributed by atoms with Crippen molar-refractivity contribution in [3.8, 4) is 5.75 Å². The van der Waals surface area contributed by atoms with E-state index in [0.29, 0.717) is 22.6 Å². The number of benzene rings is 2. The highest BCUT2D eigenvalue weighted by Gasteiger charge is 2.36. The molecule has 0 atom stereocenters. The molecule has 9 heteroatoms. The van der Waals surface area contributed by atoms with Crippen LogP contribution < -0.4 is 4.74 Å². The van der Waals surface area contributed by atoms with E-state index in [0.717, 1.165) is 43.5 Å². The fraction of sp³-hybridized carbons (Fsp3) is 0.296. The molecule has 5 rings (SSSR count). The van der Waals surface area contributed by atoms with E-state index in [1.165, 1.54) is 22.3 Å². The number of hydrogen-bond acceptors (Lipinski definition) is 6. The quantitative estimate of drug-likeness (QED) is 0.584. The van der Waals surface area contributed by atoms with Crippen molar-refractivity contribution in [2.75, 3.05) is 13.1 Å². The maximum absolute atomic E-state index is 12.7. The predicted octanol–water partition coefficient (Wildman–Crippen LogP) is 4.60. The Bertz CT molecular complexity index is 1290. The van der Waals surface area contributed by atoms with Crippen LogP contribution in [-0.4, -0.2) is 50.9 Å². The van der Waals surface area contributed by atoms with E-state index >= 15 is 0 Å². The normalized spacial score (nSPS) is 18.8. The van der Waals surface area contributed by atoms with Gasteiger partial charge in [-0.05, 0) is 72.8 Å². The average molecular weight is 502 g/mol. The number of ether oxygens (including phenoxy) is 1. The molecule has 0 unspecified atom stereocenters. The van der Waals surface area contributed by atoms with Crippen LogP contribution in [0.25, 0.3) is 6.08 Å². The summed E-state index contributed by atoms with van der Waals surface area (Å²) in [5.41, 5.74) is 3.20. The lowest BCUT2D eigenvalue weighted by Gasteiger charge is -2.26. The second-order valence-electron chi connectivity index (χ2n) is 8.92. The number of rotatable bonds is 6. The van der Waals surface area contributed by atoms with Gasteiger partial charge >= 0.3 is 0 Å². The van der Waals surface area contributed by atoms with E-state index in [-0.39, 0.29) is 23.7 Å². The highest BCUT2D eigenvalue weighted by Crippen LogP contribution is 2.30. The van der Waals surface area contributed by atoms with Gasteiger partial charge in [0.1, 0.15) is 17.4 Å². The van der Waals surface area contributed by atoms with Gasteiger partial charge < -0.3 is 9.64 Å². The lowest BCUT2D eigenvalue weighted by Crippen LogP contribution is -2.36. The van der Waals surface area contributed by atoms with Crippen LogP contribution in [0.2, 0.25) is 0 Å². The Morgan fingerprint density at radius 3 is 2.61 bits per heavy atom. The number of aryl methyl sites for hydroxylation is 1. The summed E-state index contributed by atoms with van der Waals surface area (Å²) >= 11 is 1.18. The largest absolute Gasteiger partial charge is 0.489 e. The molecule has 3 aliphatic rings. The maximum atomic E-state index is 12.7. The lowest BCUT2D eigenvalue weighted by molar-refractivity contribution is -0.130. The van der Waals surface area contributed by atoms with E-state index in [9.17, 15) is 9.59 Å². The van der Waals surface area contributed by atoms with Crippen LogP contribution in [0.3, 0.4) is 0 Å². The molecule has 1 fully saturated rings. The molecule has 3 aliphatic heterocycles. The summed E-state index contributed by atoms with van der Waals surface area (Å²) in [6.45, 7) is 4.08. The molecule has 0 saturated carbocycles. The molecule has 3 heterocycles. The minimum Gasteiger partial charge on any atom is -0.489 e. The van der Waals surface area contributed by atoms with Crippen molar-refractivity contribution in [3.05, 3.63) is 70.8 Å². The average Bonchev–Trinajstić information content (AvgIpc) is 3.29. The zero-order chi connectivity index (χ0) is 25.1. The summed E-state index contributed by atoms with van der Waals surface area (Å²) < 4.78 is 5.89. The molecule has 8 nitrogen and oxygen atoms in total. The summed E-state index contributed by atoms with van der Waals surface area (Å²) in [5, 5.41) is 15.2. The van der Waals surface area contributed by atoms with Crippen molar-refractivity contribution in [1.82, 2.24) is 9.91 Å². The third-order valence-corrected chi connectivity index (χ3v) is 7.26. The molecule has 36 heavy (non-hydrogen) atoms. The molecule has 184 valence electrons. The lowest BCUT2D eigenvalue weighted by atomic mass is 10.1. The third-order valence-electron chi connectivity index (χ3n) is 6.35. The Morgan fingerprint density at radius 1 is 1.11 bits per heavy atom. The fourth-order valence-corrected chi connectivity index (χ4v) is 5.12. The van der Waals surface area contributed by atoms with Gasteiger partial charge in [0.2, 0.25) is 11.1 Å². The number of carbonyl (C=O) groups excluding carboxylic acids is 2. The molecule has 0 bridgehead atoms. The maximum Gasteiger partial charge on any atom is 0.283 e. The van der Waals surface area contributed by atoms with Gasteiger partial charge in [0.25, 0.3) is 5.91 Å². The number of carbonyl (C=O) groups is 2. The summed E-state index contributed by atoms with van der Waals surface area (Å²) in [5.74, 6) is 0.212. The number of amidine groups is 2. The molecule has 2 amide bonds. The van der Waals surface area contributed by atoms with E-state index in [1.54, 1.807) is 6.08 Å². The van der Waals surface area contributed by atoms with Gasteiger partial charge in [0.05, 0.1) is 12.0 Å². The molecule has 2 aromatic rings. The predicted molar refractivity (Wildman–Crippen MR) is 142 cm³/mol. The summed E-state index contributed by atoms with van der Waals surface area (Å²) in [6, 6.07) is 15.4. The number of nitrogens with one attached hydrogen (secondary N) is 1. The summed E-state index contributed by atoms with van der Waals surface area (Å²) in [7, 11) is 0. The Balaban J connectivity index is 1.25. The standard InChI is InChI=1S/C27H27N5O3S/c1-18-7-3-4-8-20(18)17-35-21-11-9-19(10-12-21)15-22-25(28)32-27(29-26(22)34)36-23(30-32)16-24(33)31-13-5-2-6-14-31/h3-4,7-12,15,28H,2,5-6,13-14,16-17H2,1H3. The monoisotopic (exact) mass is 501 g/mol. The minimum atomic E-state index is -0.488.